The molecule has 1 aliphatic heterocycles. The van der Waals surface area contributed by atoms with Crippen LogP contribution in [0.2, 0.25) is 0 Å². The Morgan fingerprint density at radius 2 is 1.51 bits per heavy atom. The van der Waals surface area contributed by atoms with Crippen LogP contribution in [0.15, 0.2) is 89.8 Å². The molecule has 0 radical (unpaired) electrons. The quantitative estimate of drug-likeness (QED) is 0.161. The zero-order chi connectivity index (χ0) is 26.0. The van der Waals surface area contributed by atoms with Gasteiger partial charge >= 0.3 is 0 Å². The topological polar surface area (TPSA) is 108 Å². The van der Waals surface area contributed by atoms with E-state index in [1.54, 1.807) is 48.5 Å². The smallest absolute Gasteiger partial charge is 0.261 e. The van der Waals surface area contributed by atoms with E-state index in [9.17, 15) is 18.6 Å². The van der Waals surface area contributed by atoms with Crippen molar-refractivity contribution < 1.29 is 23.4 Å². The molecule has 0 saturated carbocycles. The first-order valence-electron chi connectivity index (χ1n) is 11.7. The van der Waals surface area contributed by atoms with E-state index in [1.165, 1.54) is 0 Å². The van der Waals surface area contributed by atoms with E-state index < -0.39 is 10.0 Å². The molecule has 190 valence electrons. The lowest BCUT2D eigenvalue weighted by molar-refractivity contribution is 0.260. The highest BCUT2D eigenvalue weighted by atomic mass is 127. The van der Waals surface area contributed by atoms with Gasteiger partial charge in [0.2, 0.25) is 0 Å². The van der Waals surface area contributed by atoms with Gasteiger partial charge in [0.15, 0.2) is 11.5 Å². The van der Waals surface area contributed by atoms with Gasteiger partial charge in [0.1, 0.15) is 12.4 Å². The lowest BCUT2D eigenvalue weighted by Crippen LogP contribution is -2.33. The number of hydrogen-bond acceptors (Lipinski definition) is 6. The summed E-state index contributed by atoms with van der Waals surface area (Å²) in [5.41, 5.74) is 4.34. The van der Waals surface area contributed by atoms with Crippen molar-refractivity contribution in [1.82, 2.24) is 5.32 Å². The Bertz CT molecular complexity index is 1510. The third-order valence-corrected chi connectivity index (χ3v) is 8.38. The molecular formula is C28H25IN2O5S. The van der Waals surface area contributed by atoms with E-state index in [1.807, 2.05) is 36.4 Å². The monoisotopic (exact) mass is 628 g/mol. The first-order chi connectivity index (χ1) is 17.8. The van der Waals surface area contributed by atoms with Crippen LogP contribution < -0.4 is 14.8 Å². The van der Waals surface area contributed by atoms with Crippen LogP contribution >= 0.6 is 22.6 Å². The van der Waals surface area contributed by atoms with Crippen molar-refractivity contribution in [1.29, 1.82) is 0 Å². The van der Waals surface area contributed by atoms with Crippen molar-refractivity contribution in [3.8, 4) is 28.4 Å². The summed E-state index contributed by atoms with van der Waals surface area (Å²) in [5, 5.41) is 23.1. The average molecular weight is 628 g/mol. The summed E-state index contributed by atoms with van der Waals surface area (Å²) in [6.07, 6.45) is 0.778. The summed E-state index contributed by atoms with van der Waals surface area (Å²) in [5.74, 6) is 0.473. The molecule has 0 amide bonds. The fourth-order valence-electron chi connectivity index (χ4n) is 4.30. The Morgan fingerprint density at radius 1 is 0.892 bits per heavy atom. The van der Waals surface area contributed by atoms with Gasteiger partial charge in [-0.3, -0.25) is 4.72 Å². The van der Waals surface area contributed by atoms with Crippen LogP contribution in [0.25, 0.3) is 11.1 Å². The first-order valence-corrected chi connectivity index (χ1v) is 14.2. The Hall–Kier alpha value is -3.28. The third-order valence-electron chi connectivity index (χ3n) is 6.26. The van der Waals surface area contributed by atoms with Crippen molar-refractivity contribution in [2.45, 2.75) is 17.4 Å². The molecule has 37 heavy (non-hydrogen) atoms. The number of nitrogens with one attached hydrogen (secondary N) is 2. The van der Waals surface area contributed by atoms with Gasteiger partial charge in [0.05, 0.1) is 10.9 Å². The largest absolute Gasteiger partial charge is 0.504 e. The fourth-order valence-corrected chi connectivity index (χ4v) is 5.72. The van der Waals surface area contributed by atoms with E-state index in [-0.39, 0.29) is 22.4 Å². The highest BCUT2D eigenvalue weighted by Crippen LogP contribution is 2.34. The Balaban J connectivity index is 1.22. The molecule has 0 aliphatic carbocycles. The number of hydrogen-bond donors (Lipinski definition) is 4. The minimum Gasteiger partial charge on any atom is -0.504 e. The maximum atomic E-state index is 12.6. The lowest BCUT2D eigenvalue weighted by Gasteiger charge is -2.27. The number of phenolic OH excluding ortho intramolecular Hbond substituents is 2. The van der Waals surface area contributed by atoms with Crippen molar-refractivity contribution in [3.63, 3.8) is 0 Å². The molecule has 0 saturated heterocycles. The van der Waals surface area contributed by atoms with E-state index in [2.05, 4.69) is 32.6 Å². The van der Waals surface area contributed by atoms with Gasteiger partial charge < -0.3 is 20.3 Å². The standard InChI is InChI=1S/C28H25IN2O5S/c29-21-5-11-24(12-6-21)37(34,35)31-22-7-1-18(2-8-22)19-3-9-23(10-4-19)36-17-26-25-16-28(33)27(32)15-20(25)13-14-30-26/h1-12,15-16,26,30-33H,13-14,17H2. The van der Waals surface area contributed by atoms with Crippen LogP contribution in [0.5, 0.6) is 17.2 Å². The average Bonchev–Trinajstić information content (AvgIpc) is 2.89. The number of rotatable bonds is 7. The van der Waals surface area contributed by atoms with Gasteiger partial charge in [-0.25, -0.2) is 8.42 Å². The molecule has 1 aliphatic rings. The molecule has 4 aromatic rings. The van der Waals surface area contributed by atoms with Crippen LogP contribution in [0.3, 0.4) is 0 Å². The number of fused-ring (bicyclic) bond motifs is 1. The van der Waals surface area contributed by atoms with Crippen LogP contribution in [-0.2, 0) is 16.4 Å². The minimum atomic E-state index is -3.65. The van der Waals surface area contributed by atoms with Crippen LogP contribution in [0.1, 0.15) is 17.2 Å². The predicted octanol–water partition coefficient (Wildman–Crippen LogP) is 5.44. The van der Waals surface area contributed by atoms with Gasteiger partial charge in [-0.2, -0.15) is 0 Å². The molecule has 4 N–H and O–H groups in total. The van der Waals surface area contributed by atoms with E-state index in [0.29, 0.717) is 18.0 Å². The second kappa shape index (κ2) is 10.6. The number of ether oxygens (including phenoxy) is 1. The highest BCUT2D eigenvalue weighted by molar-refractivity contribution is 14.1. The minimum absolute atomic E-state index is 0.0919. The molecule has 0 spiro atoms. The predicted molar refractivity (Wildman–Crippen MR) is 152 cm³/mol. The summed E-state index contributed by atoms with van der Waals surface area (Å²) < 4.78 is 34.8. The maximum absolute atomic E-state index is 12.6. The number of benzene rings is 4. The number of sulfonamides is 1. The molecule has 0 fully saturated rings. The van der Waals surface area contributed by atoms with Gasteiger partial charge in [-0.15, -0.1) is 0 Å². The SMILES string of the molecule is O=S(=O)(Nc1ccc(-c2ccc(OCC3NCCc4cc(O)c(O)cc43)cc2)cc1)c1ccc(I)cc1. The molecule has 0 aromatic heterocycles. The Kier molecular flexibility index (Phi) is 7.27. The Labute approximate surface area is 229 Å². The van der Waals surface area contributed by atoms with Gasteiger partial charge in [-0.05, 0) is 118 Å². The second-order valence-electron chi connectivity index (χ2n) is 8.77. The van der Waals surface area contributed by atoms with Gasteiger partial charge in [-0.1, -0.05) is 24.3 Å². The number of halogens is 1. The van der Waals surface area contributed by atoms with Gasteiger partial charge in [0.25, 0.3) is 10.0 Å². The molecule has 5 rings (SSSR count). The molecule has 0 bridgehead atoms. The maximum Gasteiger partial charge on any atom is 0.261 e. The van der Waals surface area contributed by atoms with E-state index in [4.69, 9.17) is 4.74 Å². The van der Waals surface area contributed by atoms with Crippen molar-refractivity contribution >= 4 is 38.3 Å². The van der Waals surface area contributed by atoms with Gasteiger partial charge in [0, 0.05) is 9.26 Å². The lowest BCUT2D eigenvalue weighted by atomic mass is 9.94. The molecule has 7 nitrogen and oxygen atoms in total. The normalized spacial score (nSPS) is 15.1. The van der Waals surface area contributed by atoms with Crippen molar-refractivity contribution in [3.05, 3.63) is 99.6 Å². The third kappa shape index (κ3) is 5.84. The fraction of sp³-hybridized carbons (Fsp3) is 0.143. The van der Waals surface area contributed by atoms with Crippen molar-refractivity contribution in [2.75, 3.05) is 17.9 Å². The first kappa shape index (κ1) is 25.4. The molecule has 4 aromatic carbocycles. The molecule has 9 heteroatoms. The number of anilines is 1. The number of aromatic hydroxyl groups is 2. The zero-order valence-corrected chi connectivity index (χ0v) is 22.7. The van der Waals surface area contributed by atoms with Crippen LogP contribution in [-0.4, -0.2) is 31.8 Å². The van der Waals surface area contributed by atoms with E-state index in [0.717, 1.165) is 38.8 Å². The summed E-state index contributed by atoms with van der Waals surface area (Å²) in [4.78, 5) is 0.217. The van der Waals surface area contributed by atoms with Crippen LogP contribution in [0.4, 0.5) is 5.69 Å². The molecule has 1 heterocycles. The summed E-state index contributed by atoms with van der Waals surface area (Å²) in [7, 11) is -3.65. The Morgan fingerprint density at radius 3 is 2.19 bits per heavy atom. The highest BCUT2D eigenvalue weighted by Gasteiger charge is 2.22. The zero-order valence-electron chi connectivity index (χ0n) is 19.7. The number of phenols is 2. The molecular weight excluding hydrogens is 603 g/mol. The second-order valence-corrected chi connectivity index (χ2v) is 11.7. The molecule has 1 unspecified atom stereocenters. The molecule has 1 atom stereocenters. The van der Waals surface area contributed by atoms with Crippen LogP contribution in [0, 0.1) is 3.57 Å². The summed E-state index contributed by atoms with van der Waals surface area (Å²) in [6.45, 7) is 1.15. The van der Waals surface area contributed by atoms with Crippen molar-refractivity contribution in [2.24, 2.45) is 0 Å². The summed E-state index contributed by atoms with van der Waals surface area (Å²) in [6, 6.07) is 24.7. The summed E-state index contributed by atoms with van der Waals surface area (Å²) >= 11 is 2.13. The van der Waals surface area contributed by atoms with E-state index >= 15 is 0 Å².